The van der Waals surface area contributed by atoms with Crippen LogP contribution in [0.3, 0.4) is 0 Å². The van der Waals surface area contributed by atoms with Crippen molar-refractivity contribution in [2.24, 2.45) is 0 Å². The van der Waals surface area contributed by atoms with Crippen LogP contribution in [-0.2, 0) is 16.9 Å². The molecule has 0 spiro atoms. The molecule has 15 heavy (non-hydrogen) atoms. The van der Waals surface area contributed by atoms with Crippen LogP contribution < -0.4 is 0 Å². The fraction of sp³-hybridized carbons (Fsp3) is 0.700. The maximum absolute atomic E-state index is 10.4. The molecule has 0 atom stereocenters. The number of halogens is 1. The van der Waals surface area contributed by atoms with Crippen molar-refractivity contribution in [3.63, 3.8) is 0 Å². The summed E-state index contributed by atoms with van der Waals surface area (Å²) >= 11 is 3.43. The summed E-state index contributed by atoms with van der Waals surface area (Å²) < 4.78 is 7.89. The summed E-state index contributed by atoms with van der Waals surface area (Å²) in [5.74, 6) is 0. The topological polar surface area (TPSA) is 47.3 Å². The van der Waals surface area contributed by atoms with Gasteiger partial charge in [-0.2, -0.15) is 5.10 Å². The summed E-state index contributed by atoms with van der Waals surface area (Å²) in [5, 5.41) is 14.6. The molecule has 84 valence electrons. The molecule has 0 amide bonds. The van der Waals surface area contributed by atoms with Gasteiger partial charge in [0.15, 0.2) is 0 Å². The highest BCUT2D eigenvalue weighted by Gasteiger charge is 2.47. The van der Waals surface area contributed by atoms with E-state index in [1.807, 2.05) is 11.6 Å². The number of ether oxygens (including phenoxy) is 1. The first-order valence-electron chi connectivity index (χ1n) is 5.07. The van der Waals surface area contributed by atoms with Crippen molar-refractivity contribution in [2.75, 3.05) is 7.11 Å². The fourth-order valence-corrected chi connectivity index (χ4v) is 2.78. The maximum Gasteiger partial charge on any atom is 0.112 e. The van der Waals surface area contributed by atoms with Crippen LogP contribution in [-0.4, -0.2) is 28.1 Å². The van der Waals surface area contributed by atoms with E-state index >= 15 is 0 Å². The van der Waals surface area contributed by atoms with Crippen LogP contribution in [0.5, 0.6) is 0 Å². The van der Waals surface area contributed by atoms with Crippen molar-refractivity contribution in [3.8, 4) is 0 Å². The van der Waals surface area contributed by atoms with E-state index in [2.05, 4.69) is 21.0 Å². The largest absolute Gasteiger partial charge is 0.383 e. The molecule has 0 aromatic carbocycles. The molecule has 2 rings (SSSR count). The smallest absolute Gasteiger partial charge is 0.112 e. The second-order valence-corrected chi connectivity index (χ2v) is 4.81. The number of hydrogen-bond acceptors (Lipinski definition) is 3. The van der Waals surface area contributed by atoms with Gasteiger partial charge in [-0.15, -0.1) is 0 Å². The third-order valence-electron chi connectivity index (χ3n) is 3.00. The molecule has 1 aromatic heterocycles. The van der Waals surface area contributed by atoms with Crippen molar-refractivity contribution in [2.45, 2.75) is 38.0 Å². The highest BCUT2D eigenvalue weighted by molar-refractivity contribution is 9.10. The lowest BCUT2D eigenvalue weighted by Gasteiger charge is -2.43. The second-order valence-electron chi connectivity index (χ2n) is 3.95. The molecule has 0 radical (unpaired) electrons. The molecule has 1 aliphatic rings. The van der Waals surface area contributed by atoms with Crippen LogP contribution in [0.1, 0.15) is 25.5 Å². The van der Waals surface area contributed by atoms with E-state index in [4.69, 9.17) is 4.74 Å². The van der Waals surface area contributed by atoms with Crippen LogP contribution >= 0.6 is 15.9 Å². The third-order valence-corrected chi connectivity index (χ3v) is 3.58. The average molecular weight is 275 g/mol. The Hall–Kier alpha value is -0.390. The zero-order chi connectivity index (χ0) is 11.1. The monoisotopic (exact) mass is 274 g/mol. The predicted molar refractivity (Wildman–Crippen MR) is 59.5 cm³/mol. The highest BCUT2D eigenvalue weighted by atomic mass is 79.9. The Kier molecular flexibility index (Phi) is 2.87. The van der Waals surface area contributed by atoms with E-state index in [9.17, 15) is 5.11 Å². The molecule has 1 fully saturated rings. The van der Waals surface area contributed by atoms with Gasteiger partial charge in [-0.25, -0.2) is 0 Å². The molecule has 1 N–H and O–H groups in total. The Morgan fingerprint density at radius 2 is 2.40 bits per heavy atom. The van der Waals surface area contributed by atoms with Crippen molar-refractivity contribution < 1.29 is 9.84 Å². The summed E-state index contributed by atoms with van der Waals surface area (Å²) in [4.78, 5) is 0. The number of aromatic nitrogens is 2. The zero-order valence-corrected chi connectivity index (χ0v) is 10.5. The summed E-state index contributed by atoms with van der Waals surface area (Å²) in [5.41, 5.74) is 0.102. The van der Waals surface area contributed by atoms with Crippen LogP contribution in [0.2, 0.25) is 0 Å². The van der Waals surface area contributed by atoms with E-state index < -0.39 is 5.60 Å². The molecule has 5 heteroatoms. The molecule has 1 aromatic rings. The second kappa shape index (κ2) is 3.88. The van der Waals surface area contributed by atoms with E-state index in [0.29, 0.717) is 12.8 Å². The van der Waals surface area contributed by atoms with E-state index in [1.54, 1.807) is 13.3 Å². The predicted octanol–water partition coefficient (Wildman–Crippen LogP) is 1.66. The Morgan fingerprint density at radius 1 is 1.73 bits per heavy atom. The molecule has 0 unspecified atom stereocenters. The van der Waals surface area contributed by atoms with Gasteiger partial charge in [-0.3, -0.25) is 4.68 Å². The van der Waals surface area contributed by atoms with Gasteiger partial charge in [0.05, 0.1) is 22.5 Å². The lowest BCUT2D eigenvalue weighted by molar-refractivity contribution is -0.137. The quantitative estimate of drug-likeness (QED) is 0.912. The number of hydrogen-bond donors (Lipinski definition) is 1. The van der Waals surface area contributed by atoms with Crippen molar-refractivity contribution >= 4 is 15.9 Å². The fourth-order valence-electron chi connectivity index (χ4n) is 2.12. The molecule has 0 saturated heterocycles. The lowest BCUT2D eigenvalue weighted by Crippen LogP contribution is -2.47. The van der Waals surface area contributed by atoms with Gasteiger partial charge in [0.2, 0.25) is 0 Å². The normalized spacial score (nSPS) is 30.3. The van der Waals surface area contributed by atoms with Gasteiger partial charge >= 0.3 is 0 Å². The Morgan fingerprint density at radius 3 is 2.93 bits per heavy atom. The van der Waals surface area contributed by atoms with Crippen LogP contribution in [0, 0.1) is 0 Å². The molecule has 0 bridgehead atoms. The van der Waals surface area contributed by atoms with Gasteiger partial charge in [-0.05, 0) is 22.9 Å². The summed E-state index contributed by atoms with van der Waals surface area (Å²) in [6.07, 6.45) is 3.19. The number of aryl methyl sites for hydroxylation is 1. The maximum atomic E-state index is 10.4. The minimum Gasteiger partial charge on any atom is -0.383 e. The minimum absolute atomic E-state index is 0.169. The number of methoxy groups -OCH3 is 1. The molecular weight excluding hydrogens is 260 g/mol. The van der Waals surface area contributed by atoms with Gasteiger partial charge < -0.3 is 9.84 Å². The number of aliphatic hydroxyl groups is 1. The van der Waals surface area contributed by atoms with Crippen LogP contribution in [0.25, 0.3) is 0 Å². The van der Waals surface area contributed by atoms with E-state index in [1.165, 1.54) is 0 Å². The minimum atomic E-state index is -0.772. The molecule has 1 heterocycles. The summed E-state index contributed by atoms with van der Waals surface area (Å²) in [7, 11) is 1.68. The molecular formula is C10H15BrN2O2. The van der Waals surface area contributed by atoms with Crippen molar-refractivity contribution in [1.29, 1.82) is 0 Å². The van der Waals surface area contributed by atoms with E-state index in [0.717, 1.165) is 16.7 Å². The molecule has 4 nitrogen and oxygen atoms in total. The molecule has 1 aliphatic carbocycles. The summed E-state index contributed by atoms with van der Waals surface area (Å²) in [6.45, 7) is 2.78. The third kappa shape index (κ3) is 1.73. The first kappa shape index (κ1) is 11.1. The molecule has 0 aliphatic heterocycles. The van der Waals surface area contributed by atoms with Crippen molar-refractivity contribution in [1.82, 2.24) is 9.78 Å². The summed E-state index contributed by atoms with van der Waals surface area (Å²) in [6, 6.07) is 0. The first-order chi connectivity index (χ1) is 7.10. The first-order valence-corrected chi connectivity index (χ1v) is 5.87. The van der Waals surface area contributed by atoms with Crippen LogP contribution in [0.4, 0.5) is 0 Å². The average Bonchev–Trinajstić information content (AvgIpc) is 2.55. The lowest BCUT2D eigenvalue weighted by atomic mass is 9.75. The van der Waals surface area contributed by atoms with E-state index in [-0.39, 0.29) is 6.10 Å². The number of nitrogens with zero attached hydrogens (tertiary/aromatic N) is 2. The van der Waals surface area contributed by atoms with Crippen molar-refractivity contribution in [3.05, 3.63) is 16.4 Å². The van der Waals surface area contributed by atoms with Gasteiger partial charge in [0.1, 0.15) is 5.60 Å². The highest BCUT2D eigenvalue weighted by Crippen LogP contribution is 2.45. The Balaban J connectivity index is 2.26. The standard InChI is InChI=1S/C10H15BrN2O2/c1-3-13-9(8(11)6-12-13)10(14)4-7(5-10)15-2/h6-7,14H,3-5H2,1-2H3. The Labute approximate surface area is 97.4 Å². The Bertz CT molecular complexity index is 358. The zero-order valence-electron chi connectivity index (χ0n) is 8.90. The SMILES string of the molecule is CCn1ncc(Br)c1C1(O)CC(OC)C1. The van der Waals surface area contributed by atoms with Gasteiger partial charge in [0.25, 0.3) is 0 Å². The molecule has 1 saturated carbocycles. The van der Waals surface area contributed by atoms with Crippen LogP contribution in [0.15, 0.2) is 10.7 Å². The van der Waals surface area contributed by atoms with Gasteiger partial charge in [0, 0.05) is 26.5 Å². The van der Waals surface area contributed by atoms with Gasteiger partial charge in [-0.1, -0.05) is 0 Å². The number of rotatable bonds is 3.